The quantitative estimate of drug-likeness (QED) is 0.728. The van der Waals surface area contributed by atoms with E-state index in [-0.39, 0.29) is 5.56 Å². The van der Waals surface area contributed by atoms with Gasteiger partial charge in [0.2, 0.25) is 0 Å². The zero-order chi connectivity index (χ0) is 19.6. The van der Waals surface area contributed by atoms with Gasteiger partial charge in [-0.3, -0.25) is 14.7 Å². The van der Waals surface area contributed by atoms with E-state index in [0.29, 0.717) is 12.5 Å². The van der Waals surface area contributed by atoms with Crippen LogP contribution in [-0.4, -0.2) is 26.4 Å². The predicted octanol–water partition coefficient (Wildman–Crippen LogP) is 4.03. The normalized spacial score (nSPS) is 17.9. The second-order valence-electron chi connectivity index (χ2n) is 8.20. The van der Waals surface area contributed by atoms with E-state index in [9.17, 15) is 4.79 Å². The molecule has 3 aromatic rings. The summed E-state index contributed by atoms with van der Waals surface area (Å²) in [6.45, 7) is 2.32. The predicted molar refractivity (Wildman–Crippen MR) is 110 cm³/mol. The molecule has 2 aliphatic rings. The van der Waals surface area contributed by atoms with Crippen LogP contribution in [0, 0.1) is 0 Å². The molecule has 4 heterocycles. The molecule has 0 radical (unpaired) electrons. The van der Waals surface area contributed by atoms with Crippen LogP contribution >= 0.6 is 0 Å². The molecule has 3 aromatic heterocycles. The summed E-state index contributed by atoms with van der Waals surface area (Å²) >= 11 is 0. The number of nitrogens with zero attached hydrogens (tertiary/aromatic N) is 3. The second-order valence-corrected chi connectivity index (χ2v) is 8.20. The average Bonchev–Trinajstić information content (AvgIpc) is 3.30. The second kappa shape index (κ2) is 7.95. The van der Waals surface area contributed by atoms with Crippen molar-refractivity contribution in [3.63, 3.8) is 0 Å². The highest BCUT2D eigenvalue weighted by Crippen LogP contribution is 2.31. The minimum Gasteiger partial charge on any atom is -0.463 e. The Hall–Kier alpha value is -2.73. The maximum atomic E-state index is 12.8. The third kappa shape index (κ3) is 3.90. The van der Waals surface area contributed by atoms with Gasteiger partial charge in [0.05, 0.1) is 17.5 Å². The molecule has 0 spiro atoms. The molecule has 6 nitrogen and oxygen atoms in total. The Kier molecular flexibility index (Phi) is 5.02. The van der Waals surface area contributed by atoms with Gasteiger partial charge in [-0.1, -0.05) is 25.3 Å². The lowest BCUT2D eigenvalue weighted by molar-refractivity contribution is 0.240. The van der Waals surface area contributed by atoms with Crippen molar-refractivity contribution < 1.29 is 4.42 Å². The third-order valence-corrected chi connectivity index (χ3v) is 6.16. The van der Waals surface area contributed by atoms with E-state index in [4.69, 9.17) is 9.40 Å². The van der Waals surface area contributed by atoms with Gasteiger partial charge in [-0.2, -0.15) is 0 Å². The Morgan fingerprint density at radius 3 is 2.83 bits per heavy atom. The molecule has 1 N–H and O–H groups in total. The summed E-state index contributed by atoms with van der Waals surface area (Å²) in [6.07, 6.45) is 10.5. The lowest BCUT2D eigenvalue weighted by Gasteiger charge is -2.28. The van der Waals surface area contributed by atoms with Crippen molar-refractivity contribution >= 4 is 0 Å². The highest BCUT2D eigenvalue weighted by Gasteiger charge is 2.24. The summed E-state index contributed by atoms with van der Waals surface area (Å²) in [5, 5.41) is 0. The van der Waals surface area contributed by atoms with Gasteiger partial charge in [-0.15, -0.1) is 0 Å². The fraction of sp³-hybridized carbons (Fsp3) is 0.435. The standard InChI is InChI=1S/C23H26N4O2/c28-23-18-15-27(14-16-8-9-20(24-13-16)21-7-4-12-29-21)11-10-19(18)25-22(26-23)17-5-2-1-3-6-17/h4,7-9,12-13,17H,1-3,5-6,10-11,14-15H2,(H,25,26,28). The minimum atomic E-state index is 0.0477. The molecule has 0 atom stereocenters. The van der Waals surface area contributed by atoms with Crippen molar-refractivity contribution in [2.24, 2.45) is 0 Å². The fourth-order valence-electron chi connectivity index (χ4n) is 4.55. The van der Waals surface area contributed by atoms with Gasteiger partial charge in [0, 0.05) is 38.2 Å². The monoisotopic (exact) mass is 390 g/mol. The molecule has 1 fully saturated rings. The number of hydrogen-bond donors (Lipinski definition) is 1. The van der Waals surface area contributed by atoms with E-state index >= 15 is 0 Å². The van der Waals surface area contributed by atoms with Crippen LogP contribution in [0.2, 0.25) is 0 Å². The van der Waals surface area contributed by atoms with Crippen molar-refractivity contribution in [3.8, 4) is 11.5 Å². The van der Waals surface area contributed by atoms with Crippen LogP contribution in [0.4, 0.5) is 0 Å². The first-order valence-electron chi connectivity index (χ1n) is 10.6. The number of aromatic amines is 1. The molecule has 1 saturated carbocycles. The fourth-order valence-corrected chi connectivity index (χ4v) is 4.55. The number of furan rings is 1. The van der Waals surface area contributed by atoms with E-state index in [0.717, 1.165) is 66.5 Å². The molecule has 29 heavy (non-hydrogen) atoms. The maximum absolute atomic E-state index is 12.8. The Balaban J connectivity index is 1.29. The average molecular weight is 390 g/mol. The van der Waals surface area contributed by atoms with Gasteiger partial charge in [0.15, 0.2) is 5.76 Å². The summed E-state index contributed by atoms with van der Waals surface area (Å²) in [7, 11) is 0. The van der Waals surface area contributed by atoms with Crippen LogP contribution in [0.5, 0.6) is 0 Å². The third-order valence-electron chi connectivity index (χ3n) is 6.16. The number of H-pyrrole nitrogens is 1. The summed E-state index contributed by atoms with van der Waals surface area (Å²) < 4.78 is 5.40. The number of nitrogens with one attached hydrogen (secondary N) is 1. The number of rotatable bonds is 4. The molecule has 0 bridgehead atoms. The van der Waals surface area contributed by atoms with Crippen LogP contribution in [0.1, 0.15) is 60.7 Å². The van der Waals surface area contributed by atoms with E-state index in [1.807, 2.05) is 24.4 Å². The lowest BCUT2D eigenvalue weighted by Crippen LogP contribution is -2.36. The molecule has 6 heteroatoms. The maximum Gasteiger partial charge on any atom is 0.255 e. The van der Waals surface area contributed by atoms with Crippen LogP contribution in [0.3, 0.4) is 0 Å². The molecular formula is C23H26N4O2. The van der Waals surface area contributed by atoms with E-state index in [1.54, 1.807) is 6.26 Å². The lowest BCUT2D eigenvalue weighted by atomic mass is 9.88. The van der Waals surface area contributed by atoms with Crippen molar-refractivity contribution in [1.29, 1.82) is 0 Å². The number of hydrogen-bond acceptors (Lipinski definition) is 5. The topological polar surface area (TPSA) is 75.0 Å². The Morgan fingerprint density at radius 2 is 2.07 bits per heavy atom. The SMILES string of the molecule is O=c1[nH]c(C2CCCCC2)nc2c1CN(Cc1ccc(-c3ccco3)nc1)CC2. The van der Waals surface area contributed by atoms with Gasteiger partial charge in [0.25, 0.3) is 5.56 Å². The van der Waals surface area contributed by atoms with Crippen molar-refractivity contribution in [2.45, 2.75) is 57.5 Å². The first-order chi connectivity index (χ1) is 14.3. The highest BCUT2D eigenvalue weighted by atomic mass is 16.3. The van der Waals surface area contributed by atoms with Crippen molar-refractivity contribution in [1.82, 2.24) is 19.9 Å². The van der Waals surface area contributed by atoms with Crippen LogP contribution in [-0.2, 0) is 19.5 Å². The zero-order valence-electron chi connectivity index (χ0n) is 16.6. The molecule has 0 aromatic carbocycles. The van der Waals surface area contributed by atoms with E-state index in [1.165, 1.54) is 19.3 Å². The van der Waals surface area contributed by atoms with Gasteiger partial charge in [-0.05, 0) is 36.6 Å². The summed E-state index contributed by atoms with van der Waals surface area (Å²) in [5.41, 5.74) is 3.84. The number of pyridine rings is 1. The van der Waals surface area contributed by atoms with Crippen molar-refractivity contribution in [3.05, 3.63) is 69.7 Å². The first kappa shape index (κ1) is 18.3. The zero-order valence-corrected chi connectivity index (χ0v) is 16.6. The molecule has 5 rings (SSSR count). The molecular weight excluding hydrogens is 364 g/mol. The smallest absolute Gasteiger partial charge is 0.255 e. The Morgan fingerprint density at radius 1 is 1.17 bits per heavy atom. The van der Waals surface area contributed by atoms with Gasteiger partial charge in [0.1, 0.15) is 11.5 Å². The molecule has 150 valence electrons. The number of fused-ring (bicyclic) bond motifs is 1. The largest absolute Gasteiger partial charge is 0.463 e. The van der Waals surface area contributed by atoms with E-state index in [2.05, 4.69) is 20.9 Å². The summed E-state index contributed by atoms with van der Waals surface area (Å²) in [4.78, 5) is 27.5. The molecule has 0 unspecified atom stereocenters. The summed E-state index contributed by atoms with van der Waals surface area (Å²) in [5.74, 6) is 2.12. The van der Waals surface area contributed by atoms with Crippen LogP contribution in [0.15, 0.2) is 45.9 Å². The molecule has 1 aliphatic carbocycles. The first-order valence-corrected chi connectivity index (χ1v) is 10.6. The molecule has 0 saturated heterocycles. The number of aromatic nitrogens is 3. The summed E-state index contributed by atoms with van der Waals surface area (Å²) in [6, 6.07) is 7.83. The minimum absolute atomic E-state index is 0.0477. The van der Waals surface area contributed by atoms with Gasteiger partial charge < -0.3 is 9.40 Å². The van der Waals surface area contributed by atoms with E-state index < -0.39 is 0 Å². The Bertz CT molecular complexity index is 1020. The van der Waals surface area contributed by atoms with Gasteiger partial charge >= 0.3 is 0 Å². The van der Waals surface area contributed by atoms with Crippen molar-refractivity contribution in [2.75, 3.05) is 6.54 Å². The van der Waals surface area contributed by atoms with Gasteiger partial charge in [-0.25, -0.2) is 4.98 Å². The van der Waals surface area contributed by atoms with Crippen LogP contribution < -0.4 is 5.56 Å². The Labute approximate surface area is 170 Å². The van der Waals surface area contributed by atoms with Crippen LogP contribution in [0.25, 0.3) is 11.5 Å². The molecule has 1 aliphatic heterocycles. The highest BCUT2D eigenvalue weighted by molar-refractivity contribution is 5.51. The molecule has 0 amide bonds.